The van der Waals surface area contributed by atoms with Gasteiger partial charge in [0, 0.05) is 18.6 Å². The first-order valence-corrected chi connectivity index (χ1v) is 7.86. The summed E-state index contributed by atoms with van der Waals surface area (Å²) >= 11 is 0. The van der Waals surface area contributed by atoms with Gasteiger partial charge in [0.05, 0.1) is 12.6 Å². The topological polar surface area (TPSA) is 43.8 Å². The highest BCUT2D eigenvalue weighted by molar-refractivity contribution is 5.79. The van der Waals surface area contributed by atoms with E-state index in [0.29, 0.717) is 25.2 Å². The van der Waals surface area contributed by atoms with Crippen LogP contribution in [0.5, 0.6) is 0 Å². The second-order valence-electron chi connectivity index (χ2n) is 6.64. The Hall–Kier alpha value is -0.610. The molecule has 1 saturated heterocycles. The summed E-state index contributed by atoms with van der Waals surface area (Å²) in [5.74, 6) is 1.03. The number of nitrogens with zero attached hydrogens (tertiary/aromatic N) is 2. The number of amides is 1. The average molecular weight is 266 g/mol. The highest BCUT2D eigenvalue weighted by Gasteiger charge is 2.41. The number of carbonyl (C=O) groups is 1. The normalized spacial score (nSPS) is 30.1. The van der Waals surface area contributed by atoms with Crippen LogP contribution in [0.2, 0.25) is 0 Å². The fourth-order valence-corrected chi connectivity index (χ4v) is 3.37. The molecule has 2 saturated carbocycles. The number of hydrogen-bond donors (Lipinski definition) is 1. The number of likely N-dealkylation sites (tertiary alicyclic amines) is 1. The van der Waals surface area contributed by atoms with E-state index in [0.717, 1.165) is 25.3 Å². The number of carbonyl (C=O) groups excluding carboxylic acids is 1. The molecule has 2 aliphatic carbocycles. The highest BCUT2D eigenvalue weighted by Crippen LogP contribution is 2.39. The van der Waals surface area contributed by atoms with Crippen LogP contribution in [0.15, 0.2) is 0 Å². The van der Waals surface area contributed by atoms with Gasteiger partial charge in [-0.2, -0.15) is 0 Å². The summed E-state index contributed by atoms with van der Waals surface area (Å²) < 4.78 is 0. The molecule has 0 bridgehead atoms. The van der Waals surface area contributed by atoms with Crippen LogP contribution in [0.4, 0.5) is 0 Å². The van der Waals surface area contributed by atoms with Crippen molar-refractivity contribution in [1.82, 2.24) is 9.80 Å². The Morgan fingerprint density at radius 1 is 1.32 bits per heavy atom. The maximum Gasteiger partial charge on any atom is 0.237 e. The van der Waals surface area contributed by atoms with E-state index in [4.69, 9.17) is 0 Å². The minimum absolute atomic E-state index is 0.239. The molecule has 0 aromatic rings. The smallest absolute Gasteiger partial charge is 0.237 e. The van der Waals surface area contributed by atoms with Crippen LogP contribution < -0.4 is 0 Å². The zero-order chi connectivity index (χ0) is 13.4. The molecule has 0 spiro atoms. The molecule has 1 aliphatic heterocycles. The molecule has 2 atom stereocenters. The van der Waals surface area contributed by atoms with Gasteiger partial charge in [-0.1, -0.05) is 0 Å². The first kappa shape index (κ1) is 13.4. The Labute approximate surface area is 115 Å². The van der Waals surface area contributed by atoms with Crippen molar-refractivity contribution in [2.24, 2.45) is 5.92 Å². The quantitative estimate of drug-likeness (QED) is 0.814. The Kier molecular flexibility index (Phi) is 3.81. The summed E-state index contributed by atoms with van der Waals surface area (Å²) in [7, 11) is 0. The van der Waals surface area contributed by atoms with E-state index >= 15 is 0 Å². The zero-order valence-electron chi connectivity index (χ0n) is 11.9. The van der Waals surface area contributed by atoms with Crippen molar-refractivity contribution in [3.63, 3.8) is 0 Å². The maximum absolute atomic E-state index is 12.6. The fourth-order valence-electron chi connectivity index (χ4n) is 3.37. The third kappa shape index (κ3) is 3.29. The molecule has 1 amide bonds. The summed E-state index contributed by atoms with van der Waals surface area (Å²) in [4.78, 5) is 16.9. The van der Waals surface area contributed by atoms with Crippen LogP contribution >= 0.6 is 0 Å². The molecule has 0 aromatic carbocycles. The van der Waals surface area contributed by atoms with Crippen molar-refractivity contribution in [3.05, 3.63) is 0 Å². The number of hydrogen-bond acceptors (Lipinski definition) is 3. The van der Waals surface area contributed by atoms with Gasteiger partial charge in [0.25, 0.3) is 0 Å². The van der Waals surface area contributed by atoms with E-state index < -0.39 is 0 Å². The number of piperidine rings is 1. The molecule has 2 unspecified atom stereocenters. The Morgan fingerprint density at radius 2 is 2.05 bits per heavy atom. The zero-order valence-corrected chi connectivity index (χ0v) is 11.9. The third-order valence-corrected chi connectivity index (χ3v) is 4.81. The first-order valence-electron chi connectivity index (χ1n) is 7.86. The van der Waals surface area contributed by atoms with Crippen molar-refractivity contribution in [2.75, 3.05) is 19.6 Å². The summed E-state index contributed by atoms with van der Waals surface area (Å²) in [6, 6.07) is 0.938. The van der Waals surface area contributed by atoms with Gasteiger partial charge in [-0.25, -0.2) is 0 Å². The molecule has 3 rings (SSSR count). The van der Waals surface area contributed by atoms with Crippen LogP contribution in [0.3, 0.4) is 0 Å². The maximum atomic E-state index is 12.6. The van der Waals surface area contributed by atoms with Gasteiger partial charge in [-0.05, 0) is 57.9 Å². The number of β-amino-alcohol motifs (C(OH)–C–C–N with tert-alkyl or cyclic N) is 1. The molecule has 19 heavy (non-hydrogen) atoms. The third-order valence-electron chi connectivity index (χ3n) is 4.81. The Bertz CT molecular complexity index is 339. The van der Waals surface area contributed by atoms with Crippen LogP contribution in [0, 0.1) is 5.92 Å². The lowest BCUT2D eigenvalue weighted by atomic mass is 10.1. The molecule has 4 nitrogen and oxygen atoms in total. The van der Waals surface area contributed by atoms with E-state index in [1.54, 1.807) is 0 Å². The molecule has 3 fully saturated rings. The van der Waals surface area contributed by atoms with Gasteiger partial charge in [0.15, 0.2) is 0 Å². The van der Waals surface area contributed by atoms with Crippen LogP contribution in [0.25, 0.3) is 0 Å². The second kappa shape index (κ2) is 5.41. The van der Waals surface area contributed by atoms with Crippen LogP contribution in [-0.2, 0) is 4.79 Å². The van der Waals surface area contributed by atoms with Gasteiger partial charge >= 0.3 is 0 Å². The largest absolute Gasteiger partial charge is 0.392 e. The van der Waals surface area contributed by atoms with Crippen LogP contribution in [0.1, 0.15) is 45.4 Å². The van der Waals surface area contributed by atoms with Crippen LogP contribution in [-0.4, -0.2) is 58.6 Å². The van der Waals surface area contributed by atoms with Crippen molar-refractivity contribution < 1.29 is 9.90 Å². The lowest BCUT2D eigenvalue weighted by Gasteiger charge is -2.34. The van der Waals surface area contributed by atoms with Gasteiger partial charge in [-0.15, -0.1) is 0 Å². The lowest BCUT2D eigenvalue weighted by Crippen LogP contribution is -2.49. The van der Waals surface area contributed by atoms with Crippen molar-refractivity contribution in [3.8, 4) is 0 Å². The van der Waals surface area contributed by atoms with E-state index in [-0.39, 0.29) is 12.0 Å². The molecule has 0 aromatic heterocycles. The van der Waals surface area contributed by atoms with Crippen molar-refractivity contribution in [2.45, 2.75) is 63.6 Å². The predicted molar refractivity (Wildman–Crippen MR) is 73.7 cm³/mol. The number of rotatable bonds is 5. The molecule has 1 N–H and O–H groups in total. The SMILES string of the molecule is CC(C1CC1)N(C(=O)CN1CCCC(O)C1)C1CC1. The predicted octanol–water partition coefficient (Wildman–Crippen LogP) is 1.23. The summed E-state index contributed by atoms with van der Waals surface area (Å²) in [5.41, 5.74) is 0. The van der Waals surface area contributed by atoms with Crippen molar-refractivity contribution >= 4 is 5.91 Å². The minimum atomic E-state index is -0.239. The molecule has 4 heteroatoms. The summed E-state index contributed by atoms with van der Waals surface area (Å²) in [5, 5.41) is 9.69. The Balaban J connectivity index is 1.57. The van der Waals surface area contributed by atoms with Gasteiger partial charge in [-0.3, -0.25) is 9.69 Å². The molecular formula is C15H26N2O2. The van der Waals surface area contributed by atoms with E-state index in [2.05, 4.69) is 16.7 Å². The lowest BCUT2D eigenvalue weighted by molar-refractivity contribution is -0.136. The summed E-state index contributed by atoms with van der Waals surface area (Å²) in [6.07, 6.45) is 6.61. The van der Waals surface area contributed by atoms with E-state index in [1.165, 1.54) is 25.7 Å². The standard InChI is InChI=1S/C15H26N2O2/c1-11(12-4-5-12)17(13-6-7-13)15(19)10-16-8-2-3-14(18)9-16/h11-14,18H,2-10H2,1H3. The van der Waals surface area contributed by atoms with Gasteiger partial charge in [0.1, 0.15) is 0 Å². The second-order valence-corrected chi connectivity index (χ2v) is 6.64. The summed E-state index contributed by atoms with van der Waals surface area (Å²) in [6.45, 7) is 4.35. The molecule has 0 radical (unpaired) electrons. The van der Waals surface area contributed by atoms with Gasteiger partial charge in [0.2, 0.25) is 5.91 Å². The Morgan fingerprint density at radius 3 is 2.63 bits per heavy atom. The minimum Gasteiger partial charge on any atom is -0.392 e. The number of aliphatic hydroxyl groups excluding tert-OH is 1. The molecule has 1 heterocycles. The molecule has 108 valence electrons. The fraction of sp³-hybridized carbons (Fsp3) is 0.933. The molecular weight excluding hydrogens is 240 g/mol. The van der Waals surface area contributed by atoms with E-state index in [9.17, 15) is 9.90 Å². The number of aliphatic hydroxyl groups is 1. The monoisotopic (exact) mass is 266 g/mol. The highest BCUT2D eigenvalue weighted by atomic mass is 16.3. The van der Waals surface area contributed by atoms with E-state index in [1.807, 2.05) is 0 Å². The first-order chi connectivity index (χ1) is 9.15. The van der Waals surface area contributed by atoms with Crippen molar-refractivity contribution in [1.29, 1.82) is 0 Å². The average Bonchev–Trinajstić information content (AvgIpc) is 3.23. The van der Waals surface area contributed by atoms with Gasteiger partial charge < -0.3 is 10.0 Å². The molecule has 3 aliphatic rings.